The van der Waals surface area contributed by atoms with E-state index < -0.39 is 22.0 Å². The molecule has 7 nitrogen and oxygen atoms in total. The molecule has 166 valence electrons. The van der Waals surface area contributed by atoms with Crippen LogP contribution in [0.1, 0.15) is 17.2 Å². The molecular formula is C23H21ClN2O5S. The molecule has 1 aliphatic heterocycles. The standard InChI is InChI=1S/C23H21ClN2O5S/c24-18-8-6-16(7-9-18)15-25-23(27)22(17-4-2-1-3-5-17)26-32(28,29)19-10-11-20-21(14-19)31-13-12-30-20/h1-11,14,22,26H,12-13,15H2,(H,25,27)/t22-/m1/s1. The van der Waals surface area contributed by atoms with Gasteiger partial charge in [0.1, 0.15) is 19.3 Å². The zero-order chi connectivity index (χ0) is 22.6. The van der Waals surface area contributed by atoms with Crippen LogP contribution in [0, 0.1) is 0 Å². The zero-order valence-electron chi connectivity index (χ0n) is 17.0. The van der Waals surface area contributed by atoms with Gasteiger partial charge in [0, 0.05) is 17.6 Å². The number of nitrogens with one attached hydrogen (secondary N) is 2. The summed E-state index contributed by atoms with van der Waals surface area (Å²) in [5.74, 6) is 0.352. The summed E-state index contributed by atoms with van der Waals surface area (Å²) in [4.78, 5) is 13.0. The van der Waals surface area contributed by atoms with Gasteiger partial charge in [0.05, 0.1) is 4.90 Å². The molecule has 32 heavy (non-hydrogen) atoms. The lowest BCUT2D eigenvalue weighted by atomic mass is 10.1. The molecule has 0 unspecified atom stereocenters. The fraction of sp³-hybridized carbons (Fsp3) is 0.174. The molecule has 3 aromatic rings. The van der Waals surface area contributed by atoms with Crippen LogP contribution in [0.15, 0.2) is 77.7 Å². The minimum absolute atomic E-state index is 0.0202. The molecule has 0 aliphatic carbocycles. The molecule has 0 saturated carbocycles. The van der Waals surface area contributed by atoms with Gasteiger partial charge in [-0.1, -0.05) is 54.1 Å². The van der Waals surface area contributed by atoms with E-state index >= 15 is 0 Å². The molecule has 0 saturated heterocycles. The summed E-state index contributed by atoms with van der Waals surface area (Å²) in [6, 6.07) is 18.9. The molecular weight excluding hydrogens is 452 g/mol. The van der Waals surface area contributed by atoms with Crippen molar-refractivity contribution in [3.8, 4) is 11.5 Å². The van der Waals surface area contributed by atoms with Crippen LogP contribution < -0.4 is 19.5 Å². The monoisotopic (exact) mass is 472 g/mol. The van der Waals surface area contributed by atoms with E-state index in [0.717, 1.165) is 5.56 Å². The van der Waals surface area contributed by atoms with Gasteiger partial charge in [-0.2, -0.15) is 4.72 Å². The third kappa shape index (κ3) is 5.21. The van der Waals surface area contributed by atoms with Gasteiger partial charge in [0.25, 0.3) is 0 Å². The van der Waals surface area contributed by atoms with Crippen LogP contribution in [-0.4, -0.2) is 27.5 Å². The Bertz CT molecular complexity index is 1200. The van der Waals surface area contributed by atoms with Gasteiger partial charge in [-0.15, -0.1) is 0 Å². The molecule has 3 aromatic carbocycles. The first kappa shape index (κ1) is 22.1. The number of sulfonamides is 1. The fourth-order valence-corrected chi connectivity index (χ4v) is 4.55. The van der Waals surface area contributed by atoms with Crippen molar-refractivity contribution in [2.45, 2.75) is 17.5 Å². The second kappa shape index (κ2) is 9.60. The molecule has 1 heterocycles. The maximum Gasteiger partial charge on any atom is 0.243 e. The van der Waals surface area contributed by atoms with Crippen molar-refractivity contribution >= 4 is 27.5 Å². The molecule has 0 fully saturated rings. The average molecular weight is 473 g/mol. The van der Waals surface area contributed by atoms with Crippen LogP contribution in [0.3, 0.4) is 0 Å². The average Bonchev–Trinajstić information content (AvgIpc) is 2.82. The van der Waals surface area contributed by atoms with E-state index in [1.807, 2.05) is 0 Å². The van der Waals surface area contributed by atoms with Crippen molar-refractivity contribution in [1.82, 2.24) is 10.0 Å². The van der Waals surface area contributed by atoms with E-state index in [2.05, 4.69) is 10.0 Å². The van der Waals surface area contributed by atoms with Gasteiger partial charge in [0.2, 0.25) is 15.9 Å². The Kier molecular flexibility index (Phi) is 6.64. The maximum atomic E-state index is 13.1. The first-order valence-corrected chi connectivity index (χ1v) is 11.8. The molecule has 1 aliphatic rings. The predicted octanol–water partition coefficient (Wildman–Crippen LogP) is 3.45. The number of amides is 1. The van der Waals surface area contributed by atoms with Crippen LogP contribution in [0.25, 0.3) is 0 Å². The molecule has 0 radical (unpaired) electrons. The van der Waals surface area contributed by atoms with Crippen molar-refractivity contribution in [3.63, 3.8) is 0 Å². The number of benzene rings is 3. The Balaban J connectivity index is 1.56. The summed E-state index contributed by atoms with van der Waals surface area (Å²) < 4.78 is 39.7. The lowest BCUT2D eigenvalue weighted by molar-refractivity contribution is -0.123. The van der Waals surface area contributed by atoms with Gasteiger partial charge < -0.3 is 14.8 Å². The molecule has 0 bridgehead atoms. The number of carbonyl (C=O) groups excluding carboxylic acids is 1. The second-order valence-corrected chi connectivity index (χ2v) is 9.27. The first-order chi connectivity index (χ1) is 15.4. The molecule has 0 aromatic heterocycles. The zero-order valence-corrected chi connectivity index (χ0v) is 18.5. The van der Waals surface area contributed by atoms with Crippen molar-refractivity contribution in [3.05, 3.63) is 88.9 Å². The molecule has 1 amide bonds. The number of hydrogen-bond acceptors (Lipinski definition) is 5. The Morgan fingerprint density at radius 1 is 0.938 bits per heavy atom. The van der Waals surface area contributed by atoms with Crippen LogP contribution in [0.4, 0.5) is 0 Å². The Morgan fingerprint density at radius 2 is 1.62 bits per heavy atom. The number of carbonyl (C=O) groups is 1. The SMILES string of the molecule is O=C(NCc1ccc(Cl)cc1)[C@H](NS(=O)(=O)c1ccc2c(c1)OCCO2)c1ccccc1. The summed E-state index contributed by atoms with van der Waals surface area (Å²) in [5, 5.41) is 3.38. The highest BCUT2D eigenvalue weighted by Gasteiger charge is 2.28. The van der Waals surface area contributed by atoms with Gasteiger partial charge in [-0.05, 0) is 35.4 Å². The largest absolute Gasteiger partial charge is 0.486 e. The maximum absolute atomic E-state index is 13.1. The number of hydrogen-bond donors (Lipinski definition) is 2. The lowest BCUT2D eigenvalue weighted by Crippen LogP contribution is -2.40. The van der Waals surface area contributed by atoms with E-state index in [9.17, 15) is 13.2 Å². The third-order valence-corrected chi connectivity index (χ3v) is 6.54. The summed E-state index contributed by atoms with van der Waals surface area (Å²) in [6.45, 7) is 0.968. The van der Waals surface area contributed by atoms with Crippen LogP contribution in [0.2, 0.25) is 5.02 Å². The second-order valence-electron chi connectivity index (χ2n) is 7.11. The third-order valence-electron chi connectivity index (χ3n) is 4.87. The summed E-state index contributed by atoms with van der Waals surface area (Å²) in [7, 11) is -4.04. The number of fused-ring (bicyclic) bond motifs is 1. The summed E-state index contributed by atoms with van der Waals surface area (Å²) in [6.07, 6.45) is 0. The first-order valence-electron chi connectivity index (χ1n) is 9.91. The highest BCUT2D eigenvalue weighted by molar-refractivity contribution is 7.89. The topological polar surface area (TPSA) is 93.7 Å². The van der Waals surface area contributed by atoms with Gasteiger partial charge in [0.15, 0.2) is 11.5 Å². The van der Waals surface area contributed by atoms with Crippen molar-refractivity contribution in [2.75, 3.05) is 13.2 Å². The quantitative estimate of drug-likeness (QED) is 0.549. The van der Waals surface area contributed by atoms with Crippen LogP contribution in [-0.2, 0) is 21.4 Å². The fourth-order valence-electron chi connectivity index (χ4n) is 3.23. The van der Waals surface area contributed by atoms with Crippen molar-refractivity contribution in [2.24, 2.45) is 0 Å². The Hall–Kier alpha value is -3.07. The van der Waals surface area contributed by atoms with Crippen molar-refractivity contribution < 1.29 is 22.7 Å². The van der Waals surface area contributed by atoms with Gasteiger partial charge in [-0.25, -0.2) is 8.42 Å². The van der Waals surface area contributed by atoms with Gasteiger partial charge >= 0.3 is 0 Å². The normalized spacial score (nSPS) is 13.9. The Labute approximate surface area is 191 Å². The molecule has 2 N–H and O–H groups in total. The van der Waals surface area contributed by atoms with E-state index in [1.54, 1.807) is 60.7 Å². The number of rotatable bonds is 7. The van der Waals surface area contributed by atoms with E-state index in [-0.39, 0.29) is 11.4 Å². The minimum atomic E-state index is -4.04. The van der Waals surface area contributed by atoms with Crippen molar-refractivity contribution in [1.29, 1.82) is 0 Å². The summed E-state index contributed by atoms with van der Waals surface area (Å²) in [5.41, 5.74) is 1.35. The molecule has 4 rings (SSSR count). The number of ether oxygens (including phenoxy) is 2. The Morgan fingerprint density at radius 3 is 2.34 bits per heavy atom. The highest BCUT2D eigenvalue weighted by atomic mass is 35.5. The molecule has 0 spiro atoms. The van der Waals surface area contributed by atoms with Crippen LogP contribution in [0.5, 0.6) is 11.5 Å². The van der Waals surface area contributed by atoms with E-state index in [4.69, 9.17) is 21.1 Å². The number of halogens is 1. The lowest BCUT2D eigenvalue weighted by Gasteiger charge is -2.21. The molecule has 1 atom stereocenters. The summed E-state index contributed by atoms with van der Waals surface area (Å²) >= 11 is 5.90. The van der Waals surface area contributed by atoms with Crippen LogP contribution >= 0.6 is 11.6 Å². The predicted molar refractivity (Wildman–Crippen MR) is 120 cm³/mol. The van der Waals surface area contributed by atoms with E-state index in [1.165, 1.54) is 12.1 Å². The highest BCUT2D eigenvalue weighted by Crippen LogP contribution is 2.32. The smallest absolute Gasteiger partial charge is 0.243 e. The van der Waals surface area contributed by atoms with E-state index in [0.29, 0.717) is 35.3 Å². The molecule has 9 heteroatoms. The minimum Gasteiger partial charge on any atom is -0.486 e. The van der Waals surface area contributed by atoms with Gasteiger partial charge in [-0.3, -0.25) is 4.79 Å².